The van der Waals surface area contributed by atoms with Crippen LogP contribution in [0.4, 0.5) is 0 Å². The molecule has 0 unspecified atom stereocenters. The molecule has 2 rings (SSSR count). The standard InChI is InChI=1S/C16H16ClNO3/c1-20-14-7-5-12(6-8-14)10-18-16(19)11-21-15-4-2-3-13(17)9-15/h2-9H,10-11H2,1H3,(H,18,19). The van der Waals surface area contributed by atoms with Gasteiger partial charge in [0.1, 0.15) is 11.5 Å². The highest BCUT2D eigenvalue weighted by molar-refractivity contribution is 6.30. The van der Waals surface area contributed by atoms with Gasteiger partial charge in [-0.05, 0) is 35.9 Å². The van der Waals surface area contributed by atoms with Crippen molar-refractivity contribution < 1.29 is 14.3 Å². The van der Waals surface area contributed by atoms with E-state index >= 15 is 0 Å². The number of carbonyl (C=O) groups is 1. The van der Waals surface area contributed by atoms with Gasteiger partial charge in [-0.1, -0.05) is 29.8 Å². The van der Waals surface area contributed by atoms with Gasteiger partial charge in [0.2, 0.25) is 0 Å². The van der Waals surface area contributed by atoms with Crippen LogP contribution in [0.3, 0.4) is 0 Å². The van der Waals surface area contributed by atoms with Gasteiger partial charge in [0.15, 0.2) is 6.61 Å². The van der Waals surface area contributed by atoms with E-state index in [9.17, 15) is 4.79 Å². The number of nitrogens with one attached hydrogen (secondary N) is 1. The Labute approximate surface area is 128 Å². The van der Waals surface area contributed by atoms with Crippen LogP contribution in [0.2, 0.25) is 5.02 Å². The van der Waals surface area contributed by atoms with Crippen molar-refractivity contribution in [2.24, 2.45) is 0 Å². The molecule has 110 valence electrons. The lowest BCUT2D eigenvalue weighted by Gasteiger charge is -2.08. The highest BCUT2D eigenvalue weighted by Gasteiger charge is 2.03. The third-order valence-corrected chi connectivity index (χ3v) is 3.05. The predicted molar refractivity (Wildman–Crippen MR) is 81.8 cm³/mol. The van der Waals surface area contributed by atoms with Crippen molar-refractivity contribution in [1.29, 1.82) is 0 Å². The lowest BCUT2D eigenvalue weighted by Crippen LogP contribution is -2.28. The predicted octanol–water partition coefficient (Wildman–Crippen LogP) is 3.04. The molecule has 2 aromatic carbocycles. The molecule has 0 aliphatic carbocycles. The van der Waals surface area contributed by atoms with Crippen LogP contribution < -0.4 is 14.8 Å². The van der Waals surface area contributed by atoms with Crippen molar-refractivity contribution in [1.82, 2.24) is 5.32 Å². The van der Waals surface area contributed by atoms with Gasteiger partial charge >= 0.3 is 0 Å². The van der Waals surface area contributed by atoms with Gasteiger partial charge in [-0.25, -0.2) is 0 Å². The number of hydrogen-bond donors (Lipinski definition) is 1. The maximum Gasteiger partial charge on any atom is 0.258 e. The first-order valence-electron chi connectivity index (χ1n) is 6.45. The Kier molecular flexibility index (Phi) is 5.46. The molecule has 0 fully saturated rings. The number of hydrogen-bond acceptors (Lipinski definition) is 3. The summed E-state index contributed by atoms with van der Waals surface area (Å²) in [5.74, 6) is 1.17. The third kappa shape index (κ3) is 5.00. The minimum absolute atomic E-state index is 0.0451. The quantitative estimate of drug-likeness (QED) is 0.892. The second kappa shape index (κ2) is 7.55. The molecule has 1 amide bonds. The summed E-state index contributed by atoms with van der Waals surface area (Å²) in [5, 5.41) is 3.36. The Morgan fingerprint density at radius 3 is 2.57 bits per heavy atom. The van der Waals surface area contributed by atoms with E-state index in [1.54, 1.807) is 31.4 Å². The molecule has 0 heterocycles. The normalized spacial score (nSPS) is 10.0. The minimum Gasteiger partial charge on any atom is -0.497 e. The lowest BCUT2D eigenvalue weighted by molar-refractivity contribution is -0.123. The molecule has 0 saturated carbocycles. The van der Waals surface area contributed by atoms with Gasteiger partial charge in [-0.15, -0.1) is 0 Å². The van der Waals surface area contributed by atoms with Crippen molar-refractivity contribution in [3.63, 3.8) is 0 Å². The fourth-order valence-electron chi connectivity index (χ4n) is 1.70. The van der Waals surface area contributed by atoms with Crippen molar-refractivity contribution in [2.45, 2.75) is 6.54 Å². The Hall–Kier alpha value is -2.20. The molecule has 1 N–H and O–H groups in total. The number of ether oxygens (including phenoxy) is 2. The van der Waals surface area contributed by atoms with Gasteiger partial charge in [-0.3, -0.25) is 4.79 Å². The van der Waals surface area contributed by atoms with Crippen molar-refractivity contribution >= 4 is 17.5 Å². The molecule has 0 atom stereocenters. The number of rotatable bonds is 6. The molecule has 4 nitrogen and oxygen atoms in total. The van der Waals surface area contributed by atoms with Crippen molar-refractivity contribution in [3.8, 4) is 11.5 Å². The first-order chi connectivity index (χ1) is 10.2. The van der Waals surface area contributed by atoms with Crippen LogP contribution in [-0.2, 0) is 11.3 Å². The number of halogens is 1. The van der Waals surface area contributed by atoms with Crippen molar-refractivity contribution in [2.75, 3.05) is 13.7 Å². The third-order valence-electron chi connectivity index (χ3n) is 2.81. The summed E-state index contributed by atoms with van der Waals surface area (Å²) in [6, 6.07) is 14.4. The van der Waals surface area contributed by atoms with E-state index in [0.717, 1.165) is 11.3 Å². The lowest BCUT2D eigenvalue weighted by atomic mass is 10.2. The van der Waals surface area contributed by atoms with Crippen LogP contribution in [-0.4, -0.2) is 19.6 Å². The number of carbonyl (C=O) groups excluding carboxylic acids is 1. The van der Waals surface area contributed by atoms with Crippen LogP contribution in [0.25, 0.3) is 0 Å². The van der Waals surface area contributed by atoms with E-state index < -0.39 is 0 Å². The Morgan fingerprint density at radius 1 is 1.14 bits per heavy atom. The smallest absolute Gasteiger partial charge is 0.258 e. The van der Waals surface area contributed by atoms with E-state index in [2.05, 4.69) is 5.32 Å². The summed E-state index contributed by atoms with van der Waals surface area (Å²) < 4.78 is 10.4. The summed E-state index contributed by atoms with van der Waals surface area (Å²) in [6.07, 6.45) is 0. The highest BCUT2D eigenvalue weighted by Crippen LogP contribution is 2.16. The molecular weight excluding hydrogens is 290 g/mol. The first-order valence-corrected chi connectivity index (χ1v) is 6.83. The number of methoxy groups -OCH3 is 1. The van der Waals surface area contributed by atoms with Gasteiger partial charge in [0, 0.05) is 11.6 Å². The summed E-state index contributed by atoms with van der Waals surface area (Å²) in [7, 11) is 1.62. The average molecular weight is 306 g/mol. The summed E-state index contributed by atoms with van der Waals surface area (Å²) in [6.45, 7) is 0.401. The average Bonchev–Trinajstić information content (AvgIpc) is 2.51. The Balaban J connectivity index is 1.76. The van der Waals surface area contributed by atoms with E-state index in [4.69, 9.17) is 21.1 Å². The molecule has 2 aromatic rings. The van der Waals surface area contributed by atoms with Crippen LogP contribution in [0, 0.1) is 0 Å². The molecular formula is C16H16ClNO3. The van der Waals surface area contributed by atoms with Crippen LogP contribution in [0.15, 0.2) is 48.5 Å². The minimum atomic E-state index is -0.189. The SMILES string of the molecule is COc1ccc(CNC(=O)COc2cccc(Cl)c2)cc1. The molecule has 21 heavy (non-hydrogen) atoms. The molecule has 0 bridgehead atoms. The van der Waals surface area contributed by atoms with E-state index in [0.29, 0.717) is 17.3 Å². The number of amides is 1. The zero-order valence-electron chi connectivity index (χ0n) is 11.6. The monoisotopic (exact) mass is 305 g/mol. The second-order valence-corrected chi connectivity index (χ2v) is 4.81. The maximum absolute atomic E-state index is 11.7. The summed E-state index contributed by atoms with van der Waals surface area (Å²) >= 11 is 5.84. The molecule has 0 radical (unpaired) electrons. The zero-order chi connectivity index (χ0) is 15.1. The number of benzene rings is 2. The van der Waals surface area contributed by atoms with Gasteiger partial charge in [0.05, 0.1) is 7.11 Å². The fraction of sp³-hybridized carbons (Fsp3) is 0.188. The summed E-state index contributed by atoms with van der Waals surface area (Å²) in [4.78, 5) is 11.7. The molecule has 0 spiro atoms. The Bertz CT molecular complexity index is 599. The van der Waals surface area contributed by atoms with E-state index in [1.807, 2.05) is 24.3 Å². The first kappa shape index (κ1) is 15.2. The van der Waals surface area contributed by atoms with Gasteiger partial charge in [0.25, 0.3) is 5.91 Å². The Morgan fingerprint density at radius 2 is 1.90 bits per heavy atom. The molecule has 0 saturated heterocycles. The van der Waals surface area contributed by atoms with Crippen LogP contribution in [0.5, 0.6) is 11.5 Å². The zero-order valence-corrected chi connectivity index (χ0v) is 12.4. The van der Waals surface area contributed by atoms with E-state index in [-0.39, 0.29) is 12.5 Å². The molecule has 5 heteroatoms. The molecule has 0 aliphatic heterocycles. The topological polar surface area (TPSA) is 47.6 Å². The fourth-order valence-corrected chi connectivity index (χ4v) is 1.88. The molecule has 0 aromatic heterocycles. The van der Waals surface area contributed by atoms with Crippen LogP contribution in [0.1, 0.15) is 5.56 Å². The van der Waals surface area contributed by atoms with Crippen molar-refractivity contribution in [3.05, 3.63) is 59.1 Å². The maximum atomic E-state index is 11.7. The van der Waals surface area contributed by atoms with Gasteiger partial charge < -0.3 is 14.8 Å². The second-order valence-electron chi connectivity index (χ2n) is 4.37. The van der Waals surface area contributed by atoms with Crippen LogP contribution >= 0.6 is 11.6 Å². The largest absolute Gasteiger partial charge is 0.497 e. The van der Waals surface area contributed by atoms with E-state index in [1.165, 1.54) is 0 Å². The van der Waals surface area contributed by atoms with Gasteiger partial charge in [-0.2, -0.15) is 0 Å². The summed E-state index contributed by atoms with van der Waals surface area (Å²) in [5.41, 5.74) is 0.993. The highest BCUT2D eigenvalue weighted by atomic mass is 35.5. The molecule has 0 aliphatic rings.